The van der Waals surface area contributed by atoms with Crippen LogP contribution in [0.25, 0.3) is 0 Å². The van der Waals surface area contributed by atoms with Gasteiger partial charge in [-0.1, -0.05) is 0 Å². The van der Waals surface area contributed by atoms with Crippen LogP contribution in [0.15, 0.2) is 11.4 Å². The Morgan fingerprint density at radius 3 is 2.90 bits per heavy atom. The van der Waals surface area contributed by atoms with Crippen molar-refractivity contribution in [3.63, 3.8) is 0 Å². The van der Waals surface area contributed by atoms with E-state index in [-0.39, 0.29) is 30.7 Å². The van der Waals surface area contributed by atoms with E-state index in [9.17, 15) is 4.79 Å². The number of nitrogens with two attached hydrogens (primary N) is 1. The van der Waals surface area contributed by atoms with Crippen molar-refractivity contribution >= 4 is 42.1 Å². The molecule has 1 unspecified atom stereocenters. The number of rotatable bonds is 4. The van der Waals surface area contributed by atoms with E-state index < -0.39 is 5.54 Å². The highest BCUT2D eigenvalue weighted by atomic mass is 35.5. The molecule has 0 radical (unpaired) electrons. The second-order valence-corrected chi connectivity index (χ2v) is 6.81. The largest absolute Gasteiger partial charge is 0.353 e. The van der Waals surface area contributed by atoms with Crippen molar-refractivity contribution in [1.29, 1.82) is 0 Å². The molecule has 1 saturated carbocycles. The maximum absolute atomic E-state index is 11.8. The summed E-state index contributed by atoms with van der Waals surface area (Å²) in [5, 5.41) is 5.17. The number of nitrogens with zero attached hydrogens (tertiary/aromatic N) is 1. The number of nitrogens with one attached hydrogen (secondary N) is 1. The minimum atomic E-state index is -0.553. The molecule has 1 fully saturated rings. The zero-order chi connectivity index (χ0) is 13.5. The Balaban J connectivity index is 0.00000110. The molecule has 1 aromatic rings. The Morgan fingerprint density at radius 1 is 1.52 bits per heavy atom. The van der Waals surface area contributed by atoms with E-state index in [2.05, 4.69) is 28.6 Å². The van der Waals surface area contributed by atoms with Crippen molar-refractivity contribution in [3.8, 4) is 0 Å². The third kappa shape index (κ3) is 4.11. The molecular weight excluding hydrogens is 329 g/mol. The summed E-state index contributed by atoms with van der Waals surface area (Å²) in [6.07, 6.45) is 2.79. The molecule has 0 saturated heterocycles. The monoisotopic (exact) mass is 351 g/mol. The number of amides is 1. The first-order valence-corrected chi connectivity index (χ1v) is 7.83. The van der Waals surface area contributed by atoms with Crippen LogP contribution >= 0.6 is 36.2 Å². The topological polar surface area (TPSA) is 58.4 Å². The van der Waals surface area contributed by atoms with Crippen LogP contribution in [0.2, 0.25) is 0 Å². The highest BCUT2D eigenvalue weighted by molar-refractivity contribution is 7.10. The van der Waals surface area contributed by atoms with Gasteiger partial charge in [0.2, 0.25) is 5.91 Å². The first-order chi connectivity index (χ1) is 9.08. The number of hydrogen-bond acceptors (Lipinski definition) is 4. The molecule has 7 heteroatoms. The van der Waals surface area contributed by atoms with Gasteiger partial charge in [0.25, 0.3) is 0 Å². The average Bonchev–Trinajstić information content (AvgIpc) is 3.00. The number of thiophene rings is 1. The Kier molecular flexibility index (Phi) is 6.50. The maximum Gasteiger partial charge on any atom is 0.240 e. The normalized spacial score (nSPS) is 20.5. The Hall–Kier alpha value is -0.330. The van der Waals surface area contributed by atoms with Crippen molar-refractivity contribution in [1.82, 2.24) is 10.2 Å². The molecule has 1 aliphatic heterocycles. The van der Waals surface area contributed by atoms with Gasteiger partial charge in [-0.3, -0.25) is 9.69 Å². The molecule has 120 valence electrons. The molecule has 1 amide bonds. The molecule has 2 aliphatic rings. The van der Waals surface area contributed by atoms with E-state index in [0.29, 0.717) is 12.6 Å². The van der Waals surface area contributed by atoms with Gasteiger partial charge in [0.05, 0.1) is 5.54 Å². The number of halogens is 2. The van der Waals surface area contributed by atoms with Crippen LogP contribution in [0.4, 0.5) is 0 Å². The summed E-state index contributed by atoms with van der Waals surface area (Å²) in [5.74, 6) is 0.0209. The molecule has 21 heavy (non-hydrogen) atoms. The SMILES string of the molecule is CC(CNC(=O)C1(N)CC1)N1CCc2sccc2C1.Cl.Cl. The fourth-order valence-electron chi connectivity index (χ4n) is 2.55. The Labute approximate surface area is 142 Å². The summed E-state index contributed by atoms with van der Waals surface area (Å²) >= 11 is 1.86. The van der Waals surface area contributed by atoms with Gasteiger partial charge in [-0.25, -0.2) is 0 Å². The summed E-state index contributed by atoms with van der Waals surface area (Å²) in [6.45, 7) is 4.95. The van der Waals surface area contributed by atoms with E-state index in [1.807, 2.05) is 11.3 Å². The van der Waals surface area contributed by atoms with Crippen LogP contribution in [0.1, 0.15) is 30.2 Å². The van der Waals surface area contributed by atoms with Crippen LogP contribution in [-0.2, 0) is 17.8 Å². The van der Waals surface area contributed by atoms with Crippen LogP contribution in [-0.4, -0.2) is 35.5 Å². The smallest absolute Gasteiger partial charge is 0.240 e. The highest BCUT2D eigenvalue weighted by Gasteiger charge is 2.45. The maximum atomic E-state index is 11.8. The van der Waals surface area contributed by atoms with Gasteiger partial charge >= 0.3 is 0 Å². The van der Waals surface area contributed by atoms with Crippen LogP contribution in [0.5, 0.6) is 0 Å². The third-order valence-corrected chi connectivity index (χ3v) is 5.28. The predicted octanol–water partition coefficient (Wildman–Crippen LogP) is 1.95. The molecule has 0 aromatic carbocycles. The number of carbonyl (C=O) groups is 1. The van der Waals surface area contributed by atoms with Gasteiger partial charge in [0.1, 0.15) is 0 Å². The lowest BCUT2D eigenvalue weighted by Crippen LogP contribution is -2.49. The van der Waals surface area contributed by atoms with Gasteiger partial charge in [-0.05, 0) is 43.2 Å². The second kappa shape index (κ2) is 7.29. The molecule has 1 aromatic heterocycles. The quantitative estimate of drug-likeness (QED) is 0.871. The molecule has 3 rings (SSSR count). The fourth-order valence-corrected chi connectivity index (χ4v) is 3.44. The van der Waals surface area contributed by atoms with E-state index in [1.165, 1.54) is 10.4 Å². The summed E-state index contributed by atoms with van der Waals surface area (Å²) in [6, 6.07) is 2.58. The summed E-state index contributed by atoms with van der Waals surface area (Å²) in [5.41, 5.74) is 6.78. The molecule has 0 spiro atoms. The van der Waals surface area contributed by atoms with Gasteiger partial charge in [0.15, 0.2) is 0 Å². The Bertz CT molecular complexity index is 490. The molecule has 4 nitrogen and oxygen atoms in total. The lowest BCUT2D eigenvalue weighted by molar-refractivity contribution is -0.123. The highest BCUT2D eigenvalue weighted by Crippen LogP contribution is 2.32. The van der Waals surface area contributed by atoms with Gasteiger partial charge in [-0.2, -0.15) is 0 Å². The number of carbonyl (C=O) groups excluding carboxylic acids is 1. The van der Waals surface area contributed by atoms with Crippen LogP contribution in [0, 0.1) is 0 Å². The lowest BCUT2D eigenvalue weighted by atomic mass is 10.1. The first-order valence-electron chi connectivity index (χ1n) is 6.95. The molecule has 0 bridgehead atoms. The molecular formula is C14H23Cl2N3OS. The average molecular weight is 352 g/mol. The zero-order valence-corrected chi connectivity index (χ0v) is 14.6. The van der Waals surface area contributed by atoms with E-state index in [4.69, 9.17) is 5.73 Å². The second-order valence-electron chi connectivity index (χ2n) is 5.80. The molecule has 1 atom stereocenters. The van der Waals surface area contributed by atoms with Gasteiger partial charge in [0, 0.05) is 30.6 Å². The van der Waals surface area contributed by atoms with Gasteiger partial charge in [-0.15, -0.1) is 36.2 Å². The number of fused-ring (bicyclic) bond motifs is 1. The lowest BCUT2D eigenvalue weighted by Gasteiger charge is -2.32. The molecule has 3 N–H and O–H groups in total. The van der Waals surface area contributed by atoms with Crippen molar-refractivity contribution in [2.75, 3.05) is 13.1 Å². The van der Waals surface area contributed by atoms with Crippen molar-refractivity contribution in [2.24, 2.45) is 5.73 Å². The van der Waals surface area contributed by atoms with E-state index in [0.717, 1.165) is 32.4 Å². The standard InChI is InChI=1S/C14H21N3OS.2ClH/c1-10(8-16-13(18)14(15)4-5-14)17-6-2-12-11(9-17)3-7-19-12;;/h3,7,10H,2,4-6,8-9,15H2,1H3,(H,16,18);2*1H. The summed E-state index contributed by atoms with van der Waals surface area (Å²) in [7, 11) is 0. The van der Waals surface area contributed by atoms with Crippen LogP contribution < -0.4 is 11.1 Å². The zero-order valence-electron chi connectivity index (χ0n) is 12.1. The van der Waals surface area contributed by atoms with Crippen molar-refractivity contribution in [2.45, 2.75) is 44.3 Å². The van der Waals surface area contributed by atoms with Gasteiger partial charge < -0.3 is 11.1 Å². The summed E-state index contributed by atoms with van der Waals surface area (Å²) in [4.78, 5) is 15.8. The predicted molar refractivity (Wildman–Crippen MR) is 91.6 cm³/mol. The fraction of sp³-hybridized carbons (Fsp3) is 0.643. The molecule has 1 aliphatic carbocycles. The summed E-state index contributed by atoms with van der Waals surface area (Å²) < 4.78 is 0. The minimum absolute atomic E-state index is 0. The number of hydrogen-bond donors (Lipinski definition) is 2. The van der Waals surface area contributed by atoms with E-state index in [1.54, 1.807) is 0 Å². The Morgan fingerprint density at radius 2 is 2.24 bits per heavy atom. The minimum Gasteiger partial charge on any atom is -0.353 e. The van der Waals surface area contributed by atoms with E-state index >= 15 is 0 Å². The third-order valence-electron chi connectivity index (χ3n) is 4.26. The van der Waals surface area contributed by atoms with Crippen molar-refractivity contribution < 1.29 is 4.79 Å². The first kappa shape index (κ1) is 18.7. The van der Waals surface area contributed by atoms with Crippen molar-refractivity contribution in [3.05, 3.63) is 21.9 Å². The molecule has 2 heterocycles. The van der Waals surface area contributed by atoms with Crippen LogP contribution in [0.3, 0.4) is 0 Å².